The molecule has 0 saturated carbocycles. The number of imidazole rings is 1. The minimum atomic E-state index is -1.37. The lowest BCUT2D eigenvalue weighted by molar-refractivity contribution is -0.145. The lowest BCUT2D eigenvalue weighted by Gasteiger charge is -2.22. The highest BCUT2D eigenvalue weighted by Crippen LogP contribution is 2.04. The maximum atomic E-state index is 12.5. The Morgan fingerprint density at radius 3 is 2.56 bits per heavy atom. The van der Waals surface area contributed by atoms with Crippen molar-refractivity contribution in [1.29, 1.82) is 0 Å². The summed E-state index contributed by atoms with van der Waals surface area (Å²) in [5.41, 5.74) is 1.74. The molecule has 0 unspecified atom stereocenters. The fourth-order valence-corrected chi connectivity index (χ4v) is 2.35. The largest absolute Gasteiger partial charge is 0.480 e. The number of amides is 1. The number of hydrogen-bond acceptors (Lipinski definition) is 5. The number of aliphatic hydroxyl groups is 1. The standard InChI is InChI=1S/C17H22N4O4/c1-11(22)15(17(24)25)21-16(23)14(7-13-9-18-10-20-13)19-8-12-5-3-2-4-6-12/h2-6,9-11,14-15,19,22H,7-8H2,1H3,(H,18,20)(H,21,23)(H,24,25)/t11-,14+,15+/m1/s1. The molecule has 1 heterocycles. The number of carbonyl (C=O) groups excluding carboxylic acids is 1. The number of nitrogens with one attached hydrogen (secondary N) is 3. The summed E-state index contributed by atoms with van der Waals surface area (Å²) < 4.78 is 0. The van der Waals surface area contributed by atoms with Gasteiger partial charge in [-0.2, -0.15) is 0 Å². The van der Waals surface area contributed by atoms with E-state index in [2.05, 4.69) is 20.6 Å². The van der Waals surface area contributed by atoms with E-state index in [0.717, 1.165) is 11.3 Å². The van der Waals surface area contributed by atoms with Gasteiger partial charge in [0, 0.05) is 24.9 Å². The van der Waals surface area contributed by atoms with E-state index in [1.807, 2.05) is 30.3 Å². The molecule has 2 rings (SSSR count). The van der Waals surface area contributed by atoms with Gasteiger partial charge in [0.05, 0.1) is 18.5 Å². The SMILES string of the molecule is C[C@@H](O)[C@H](NC(=O)[C@H](Cc1cnc[nH]1)NCc1ccccc1)C(=O)O. The molecule has 0 aliphatic rings. The van der Waals surface area contributed by atoms with E-state index in [1.54, 1.807) is 6.20 Å². The van der Waals surface area contributed by atoms with Crippen LogP contribution in [-0.4, -0.2) is 50.2 Å². The topological polar surface area (TPSA) is 127 Å². The molecule has 0 bridgehead atoms. The van der Waals surface area contributed by atoms with Gasteiger partial charge < -0.3 is 25.8 Å². The molecule has 0 saturated heterocycles. The summed E-state index contributed by atoms with van der Waals surface area (Å²) >= 11 is 0. The number of carboxylic acids is 1. The zero-order chi connectivity index (χ0) is 18.2. The van der Waals surface area contributed by atoms with E-state index >= 15 is 0 Å². The van der Waals surface area contributed by atoms with Gasteiger partial charge in [0.25, 0.3) is 0 Å². The second kappa shape index (κ2) is 8.95. The van der Waals surface area contributed by atoms with Crippen LogP contribution in [0.3, 0.4) is 0 Å². The van der Waals surface area contributed by atoms with Gasteiger partial charge in [-0.25, -0.2) is 9.78 Å². The van der Waals surface area contributed by atoms with Crippen molar-refractivity contribution in [1.82, 2.24) is 20.6 Å². The number of aromatic nitrogens is 2. The Hall–Kier alpha value is -2.71. The van der Waals surface area contributed by atoms with E-state index in [4.69, 9.17) is 5.11 Å². The number of nitrogens with zero attached hydrogens (tertiary/aromatic N) is 1. The fraction of sp³-hybridized carbons (Fsp3) is 0.353. The summed E-state index contributed by atoms with van der Waals surface area (Å²) in [6.07, 6.45) is 2.22. The summed E-state index contributed by atoms with van der Waals surface area (Å²) in [5.74, 6) is -1.79. The summed E-state index contributed by atoms with van der Waals surface area (Å²) in [6, 6.07) is 7.50. The molecule has 1 aromatic heterocycles. The predicted octanol–water partition coefficient (Wildman–Crippen LogP) is 0.0608. The number of carboxylic acid groups (broad SMARTS) is 1. The minimum absolute atomic E-state index is 0.310. The number of carbonyl (C=O) groups is 2. The zero-order valence-electron chi connectivity index (χ0n) is 13.8. The number of aromatic amines is 1. The number of benzene rings is 1. The van der Waals surface area contributed by atoms with Crippen LogP contribution in [0.1, 0.15) is 18.2 Å². The first-order valence-corrected chi connectivity index (χ1v) is 7.93. The van der Waals surface area contributed by atoms with E-state index in [-0.39, 0.29) is 0 Å². The van der Waals surface area contributed by atoms with Gasteiger partial charge >= 0.3 is 5.97 Å². The predicted molar refractivity (Wildman–Crippen MR) is 90.6 cm³/mol. The number of hydrogen-bond donors (Lipinski definition) is 5. The summed E-state index contributed by atoms with van der Waals surface area (Å²) in [4.78, 5) is 30.6. The second-order valence-electron chi connectivity index (χ2n) is 5.77. The smallest absolute Gasteiger partial charge is 0.328 e. The van der Waals surface area contributed by atoms with Crippen molar-refractivity contribution in [2.24, 2.45) is 0 Å². The van der Waals surface area contributed by atoms with E-state index in [0.29, 0.717) is 13.0 Å². The van der Waals surface area contributed by atoms with Gasteiger partial charge in [0.2, 0.25) is 5.91 Å². The molecule has 0 radical (unpaired) electrons. The van der Waals surface area contributed by atoms with Crippen LogP contribution in [0.5, 0.6) is 0 Å². The quantitative estimate of drug-likeness (QED) is 0.437. The highest BCUT2D eigenvalue weighted by molar-refractivity contribution is 5.87. The van der Waals surface area contributed by atoms with Crippen LogP contribution in [0.4, 0.5) is 0 Å². The number of aliphatic hydroxyl groups excluding tert-OH is 1. The summed E-state index contributed by atoms with van der Waals surface area (Å²) in [6.45, 7) is 1.76. The highest BCUT2D eigenvalue weighted by Gasteiger charge is 2.28. The highest BCUT2D eigenvalue weighted by atomic mass is 16.4. The Balaban J connectivity index is 2.06. The van der Waals surface area contributed by atoms with Crippen molar-refractivity contribution in [3.63, 3.8) is 0 Å². The van der Waals surface area contributed by atoms with Gasteiger partial charge in [-0.1, -0.05) is 30.3 Å². The maximum absolute atomic E-state index is 12.5. The third-order valence-corrected chi connectivity index (χ3v) is 3.74. The van der Waals surface area contributed by atoms with Crippen molar-refractivity contribution < 1.29 is 19.8 Å². The number of aliphatic carboxylic acids is 1. The Kier molecular flexibility index (Phi) is 6.67. The van der Waals surface area contributed by atoms with Crippen molar-refractivity contribution >= 4 is 11.9 Å². The molecule has 0 fully saturated rings. The average molecular weight is 346 g/mol. The molecule has 5 N–H and O–H groups in total. The summed E-state index contributed by atoms with van der Waals surface area (Å²) in [7, 11) is 0. The van der Waals surface area contributed by atoms with Crippen molar-refractivity contribution in [3.05, 3.63) is 54.1 Å². The Morgan fingerprint density at radius 2 is 2.00 bits per heavy atom. The first kappa shape index (κ1) is 18.6. The zero-order valence-corrected chi connectivity index (χ0v) is 13.8. The number of rotatable bonds is 9. The average Bonchev–Trinajstić information content (AvgIpc) is 3.09. The molecule has 8 heteroatoms. The Morgan fingerprint density at radius 1 is 1.28 bits per heavy atom. The molecule has 3 atom stereocenters. The van der Waals surface area contributed by atoms with Crippen LogP contribution >= 0.6 is 0 Å². The Bertz CT molecular complexity index is 673. The molecular weight excluding hydrogens is 324 g/mol. The lowest BCUT2D eigenvalue weighted by atomic mass is 10.1. The molecule has 0 aliphatic carbocycles. The van der Waals surface area contributed by atoms with Gasteiger partial charge in [-0.3, -0.25) is 4.79 Å². The molecule has 25 heavy (non-hydrogen) atoms. The number of H-pyrrole nitrogens is 1. The molecule has 0 aliphatic heterocycles. The van der Waals surface area contributed by atoms with Gasteiger partial charge in [0.1, 0.15) is 0 Å². The van der Waals surface area contributed by atoms with Crippen LogP contribution in [0.15, 0.2) is 42.9 Å². The molecule has 134 valence electrons. The monoisotopic (exact) mass is 346 g/mol. The van der Waals surface area contributed by atoms with Crippen molar-refractivity contribution in [2.45, 2.75) is 38.1 Å². The second-order valence-corrected chi connectivity index (χ2v) is 5.77. The van der Waals surface area contributed by atoms with Crippen LogP contribution in [-0.2, 0) is 22.6 Å². The van der Waals surface area contributed by atoms with Crippen LogP contribution < -0.4 is 10.6 Å². The molecular formula is C17H22N4O4. The normalized spacial score (nSPS) is 14.5. The molecule has 1 amide bonds. The van der Waals surface area contributed by atoms with Crippen molar-refractivity contribution in [3.8, 4) is 0 Å². The van der Waals surface area contributed by atoms with Gasteiger partial charge in [-0.15, -0.1) is 0 Å². The fourth-order valence-electron chi connectivity index (χ4n) is 2.35. The summed E-state index contributed by atoms with van der Waals surface area (Å²) in [5, 5.41) is 24.2. The first-order chi connectivity index (χ1) is 12.0. The molecule has 2 aromatic rings. The van der Waals surface area contributed by atoms with Crippen LogP contribution in [0.2, 0.25) is 0 Å². The van der Waals surface area contributed by atoms with Crippen LogP contribution in [0.25, 0.3) is 0 Å². The lowest BCUT2D eigenvalue weighted by Crippen LogP contribution is -2.54. The third-order valence-electron chi connectivity index (χ3n) is 3.74. The third kappa shape index (κ3) is 5.70. The van der Waals surface area contributed by atoms with Crippen LogP contribution in [0, 0.1) is 0 Å². The minimum Gasteiger partial charge on any atom is -0.480 e. The first-order valence-electron chi connectivity index (χ1n) is 7.93. The molecule has 0 spiro atoms. The maximum Gasteiger partial charge on any atom is 0.328 e. The van der Waals surface area contributed by atoms with E-state index in [1.165, 1.54) is 13.3 Å². The van der Waals surface area contributed by atoms with E-state index < -0.39 is 30.1 Å². The van der Waals surface area contributed by atoms with Gasteiger partial charge in [-0.05, 0) is 12.5 Å². The Labute approximate surface area is 145 Å². The van der Waals surface area contributed by atoms with Gasteiger partial charge in [0.15, 0.2) is 6.04 Å². The molecule has 1 aromatic carbocycles. The van der Waals surface area contributed by atoms with Crippen molar-refractivity contribution in [2.75, 3.05) is 0 Å². The molecule has 8 nitrogen and oxygen atoms in total. The van der Waals surface area contributed by atoms with E-state index in [9.17, 15) is 14.7 Å².